The first-order valence-electron chi connectivity index (χ1n) is 9.05. The summed E-state index contributed by atoms with van der Waals surface area (Å²) in [6.07, 6.45) is 2.13. The van der Waals surface area contributed by atoms with E-state index in [0.29, 0.717) is 13.0 Å². The average Bonchev–Trinajstić information content (AvgIpc) is 3.11. The highest BCUT2D eigenvalue weighted by Gasteiger charge is 2.13. The lowest BCUT2D eigenvalue weighted by Gasteiger charge is -2.06. The van der Waals surface area contributed by atoms with Gasteiger partial charge < -0.3 is 5.32 Å². The molecule has 10 heteroatoms. The normalized spacial score (nSPS) is 11.8. The van der Waals surface area contributed by atoms with Crippen LogP contribution in [0.4, 0.5) is 0 Å². The molecule has 0 bridgehead atoms. The van der Waals surface area contributed by atoms with E-state index in [-0.39, 0.29) is 16.6 Å². The number of sulfonamides is 1. The van der Waals surface area contributed by atoms with Crippen LogP contribution in [-0.2, 0) is 21.2 Å². The van der Waals surface area contributed by atoms with E-state index in [1.165, 1.54) is 30.2 Å². The topological polar surface area (TPSA) is 115 Å². The van der Waals surface area contributed by atoms with Crippen molar-refractivity contribution in [1.82, 2.24) is 15.3 Å². The van der Waals surface area contributed by atoms with E-state index in [1.807, 2.05) is 18.2 Å². The number of carbonyl (C=O) groups excluding carboxylic acids is 1. The first-order valence-corrected chi connectivity index (χ1v) is 12.4. The van der Waals surface area contributed by atoms with Crippen LogP contribution < -0.4 is 10.5 Å². The number of nitrogens with zero attached hydrogens (tertiary/aromatic N) is 2. The number of nitrogens with two attached hydrogens (primary N) is 1. The van der Waals surface area contributed by atoms with E-state index in [4.69, 9.17) is 5.14 Å². The van der Waals surface area contributed by atoms with Gasteiger partial charge in [0.1, 0.15) is 11.4 Å². The van der Waals surface area contributed by atoms with Gasteiger partial charge in [-0.05, 0) is 30.2 Å². The zero-order valence-corrected chi connectivity index (χ0v) is 18.2. The lowest BCUT2D eigenvalue weighted by molar-refractivity contribution is -0.118. The Morgan fingerprint density at radius 1 is 1.10 bits per heavy atom. The second-order valence-corrected chi connectivity index (χ2v) is 10.1. The molecule has 154 valence electrons. The summed E-state index contributed by atoms with van der Waals surface area (Å²) in [7, 11) is -3.69. The Morgan fingerprint density at radius 3 is 2.63 bits per heavy atom. The quantitative estimate of drug-likeness (QED) is 0.325. The maximum absolute atomic E-state index is 12.2. The Kier molecular flexibility index (Phi) is 6.00. The molecule has 2 heterocycles. The predicted molar refractivity (Wildman–Crippen MR) is 120 cm³/mol. The fraction of sp³-hybridized carbons (Fsp3) is 0.150. The van der Waals surface area contributed by atoms with E-state index in [1.54, 1.807) is 23.5 Å². The molecule has 7 nitrogen and oxygen atoms in total. The number of hydrogen-bond donors (Lipinski definition) is 2. The SMILES string of the molecule is NS(=O)(=O)c1ccc(CCNC(=O)CSc2ncnc3c2sc2ccccc23)cc1. The number of amides is 1. The number of thiophene rings is 1. The van der Waals surface area contributed by atoms with Crippen LogP contribution in [0.2, 0.25) is 0 Å². The van der Waals surface area contributed by atoms with Gasteiger partial charge in [0.05, 0.1) is 20.9 Å². The molecule has 3 N–H and O–H groups in total. The van der Waals surface area contributed by atoms with E-state index < -0.39 is 10.0 Å². The molecule has 0 saturated carbocycles. The highest BCUT2D eigenvalue weighted by Crippen LogP contribution is 2.36. The average molecular weight is 459 g/mol. The fourth-order valence-electron chi connectivity index (χ4n) is 2.98. The molecule has 0 aliphatic rings. The molecule has 0 aliphatic carbocycles. The number of hydrogen-bond acceptors (Lipinski definition) is 7. The number of rotatable bonds is 7. The molecule has 30 heavy (non-hydrogen) atoms. The molecule has 4 aromatic rings. The van der Waals surface area contributed by atoms with Crippen molar-refractivity contribution in [3.05, 3.63) is 60.4 Å². The zero-order chi connectivity index (χ0) is 21.1. The van der Waals surface area contributed by atoms with Crippen molar-refractivity contribution in [2.45, 2.75) is 16.3 Å². The van der Waals surface area contributed by atoms with Gasteiger partial charge in [0.15, 0.2) is 0 Å². The summed E-state index contributed by atoms with van der Waals surface area (Å²) < 4.78 is 24.7. The first-order chi connectivity index (χ1) is 14.4. The standard InChI is InChI=1S/C20H18N4O3S3/c21-30(26,27)14-7-5-13(6-8-14)9-10-22-17(25)11-28-20-19-18(23-12-24-20)15-3-1-2-4-16(15)29-19/h1-8,12H,9-11H2,(H,22,25)(H2,21,26,27). The van der Waals surface area contributed by atoms with Crippen molar-refractivity contribution < 1.29 is 13.2 Å². The summed E-state index contributed by atoms with van der Waals surface area (Å²) in [5, 5.41) is 9.87. The molecular formula is C20H18N4O3S3. The molecule has 2 aromatic heterocycles. The lowest BCUT2D eigenvalue weighted by atomic mass is 10.1. The molecule has 0 fully saturated rings. The number of fused-ring (bicyclic) bond motifs is 3. The minimum Gasteiger partial charge on any atom is -0.355 e. The van der Waals surface area contributed by atoms with E-state index >= 15 is 0 Å². The molecule has 0 radical (unpaired) electrons. The summed E-state index contributed by atoms with van der Waals surface area (Å²) in [4.78, 5) is 21.1. The molecule has 4 rings (SSSR count). The Bertz CT molecular complexity index is 1320. The number of thioether (sulfide) groups is 1. The van der Waals surface area contributed by atoms with Crippen LogP contribution in [0.3, 0.4) is 0 Å². The van der Waals surface area contributed by atoms with Gasteiger partial charge in [-0.3, -0.25) is 4.79 Å². The van der Waals surface area contributed by atoms with Crippen LogP contribution in [0.1, 0.15) is 5.56 Å². The van der Waals surface area contributed by atoms with Crippen LogP contribution in [0.25, 0.3) is 20.3 Å². The van der Waals surface area contributed by atoms with E-state index in [0.717, 1.165) is 30.9 Å². The highest BCUT2D eigenvalue weighted by molar-refractivity contribution is 8.00. The number of carbonyl (C=O) groups is 1. The summed E-state index contributed by atoms with van der Waals surface area (Å²) in [6, 6.07) is 14.4. The van der Waals surface area contributed by atoms with Crippen LogP contribution in [0.5, 0.6) is 0 Å². The van der Waals surface area contributed by atoms with E-state index in [9.17, 15) is 13.2 Å². The van der Waals surface area contributed by atoms with Gasteiger partial charge in [0.2, 0.25) is 15.9 Å². The Hall–Kier alpha value is -2.53. The third kappa shape index (κ3) is 4.62. The maximum Gasteiger partial charge on any atom is 0.238 e. The van der Waals surface area contributed by atoms with Crippen molar-refractivity contribution in [3.8, 4) is 0 Å². The monoisotopic (exact) mass is 458 g/mol. The van der Waals surface area contributed by atoms with Crippen molar-refractivity contribution in [1.29, 1.82) is 0 Å². The fourth-order valence-corrected chi connectivity index (χ4v) is 5.56. The molecule has 0 saturated heterocycles. The summed E-state index contributed by atoms with van der Waals surface area (Å²) in [6.45, 7) is 0.455. The summed E-state index contributed by atoms with van der Waals surface area (Å²) in [5.74, 6) is 0.166. The van der Waals surface area contributed by atoms with Gasteiger partial charge in [0, 0.05) is 16.6 Å². The predicted octanol–water partition coefficient (Wildman–Crippen LogP) is 2.94. The highest BCUT2D eigenvalue weighted by atomic mass is 32.2. The molecular weight excluding hydrogens is 440 g/mol. The Labute approximate surface area is 181 Å². The second-order valence-electron chi connectivity index (χ2n) is 6.53. The number of primary sulfonamides is 1. The van der Waals surface area contributed by atoms with Crippen LogP contribution in [-0.4, -0.2) is 36.6 Å². The van der Waals surface area contributed by atoms with Gasteiger partial charge in [-0.2, -0.15) is 0 Å². The van der Waals surface area contributed by atoms with Crippen LogP contribution in [0, 0.1) is 0 Å². The summed E-state index contributed by atoms with van der Waals surface area (Å²) >= 11 is 3.02. The van der Waals surface area contributed by atoms with E-state index in [2.05, 4.69) is 21.4 Å². The third-order valence-corrected chi connectivity index (χ3v) is 7.67. The smallest absolute Gasteiger partial charge is 0.238 e. The Balaban J connectivity index is 1.33. The lowest BCUT2D eigenvalue weighted by Crippen LogP contribution is -2.27. The first kappa shape index (κ1) is 20.7. The third-order valence-electron chi connectivity index (χ3n) is 4.45. The van der Waals surface area contributed by atoms with Crippen molar-refractivity contribution in [2.75, 3.05) is 12.3 Å². The van der Waals surface area contributed by atoms with Gasteiger partial charge in [-0.25, -0.2) is 23.5 Å². The van der Waals surface area contributed by atoms with Gasteiger partial charge in [0.25, 0.3) is 0 Å². The minimum absolute atomic E-state index is 0.0732. The van der Waals surface area contributed by atoms with Crippen LogP contribution in [0.15, 0.2) is 64.8 Å². The Morgan fingerprint density at radius 2 is 1.87 bits per heavy atom. The molecule has 0 spiro atoms. The largest absolute Gasteiger partial charge is 0.355 e. The summed E-state index contributed by atoms with van der Waals surface area (Å²) in [5.41, 5.74) is 1.83. The van der Waals surface area contributed by atoms with Gasteiger partial charge >= 0.3 is 0 Å². The van der Waals surface area contributed by atoms with Crippen molar-refractivity contribution >= 4 is 59.3 Å². The molecule has 2 aromatic carbocycles. The number of aromatic nitrogens is 2. The zero-order valence-electron chi connectivity index (χ0n) is 15.7. The van der Waals surface area contributed by atoms with Gasteiger partial charge in [-0.1, -0.05) is 42.1 Å². The van der Waals surface area contributed by atoms with Crippen molar-refractivity contribution in [3.63, 3.8) is 0 Å². The molecule has 1 amide bonds. The number of benzene rings is 2. The van der Waals surface area contributed by atoms with Crippen molar-refractivity contribution in [2.24, 2.45) is 5.14 Å². The molecule has 0 atom stereocenters. The number of nitrogens with one attached hydrogen (secondary N) is 1. The minimum atomic E-state index is -3.69. The van der Waals surface area contributed by atoms with Crippen LogP contribution >= 0.6 is 23.1 Å². The molecule has 0 unspecified atom stereocenters. The molecule has 0 aliphatic heterocycles. The second kappa shape index (κ2) is 8.68. The van der Waals surface area contributed by atoms with Gasteiger partial charge in [-0.15, -0.1) is 11.3 Å². The maximum atomic E-state index is 12.2.